The van der Waals surface area contributed by atoms with E-state index in [9.17, 15) is 0 Å². The third kappa shape index (κ3) is 2.84. The summed E-state index contributed by atoms with van der Waals surface area (Å²) in [6.45, 7) is 3.02. The van der Waals surface area contributed by atoms with Crippen LogP contribution in [-0.4, -0.2) is 21.7 Å². The minimum atomic E-state index is -0.0360. The molecule has 1 unspecified atom stereocenters. The SMILES string of the molecule is CCCNC(c1ncn[nH]1)c1ccccc1Cl. The van der Waals surface area contributed by atoms with Crippen molar-refractivity contribution in [3.8, 4) is 0 Å². The first-order chi connectivity index (χ1) is 8.33. The summed E-state index contributed by atoms with van der Waals surface area (Å²) in [7, 11) is 0. The molecule has 0 aliphatic rings. The average molecular weight is 251 g/mol. The van der Waals surface area contributed by atoms with Gasteiger partial charge in [0.15, 0.2) is 0 Å². The largest absolute Gasteiger partial charge is 0.304 e. The van der Waals surface area contributed by atoms with E-state index < -0.39 is 0 Å². The molecule has 1 aromatic heterocycles. The van der Waals surface area contributed by atoms with E-state index in [0.29, 0.717) is 0 Å². The summed E-state index contributed by atoms with van der Waals surface area (Å²) in [4.78, 5) is 4.20. The van der Waals surface area contributed by atoms with Crippen LogP contribution in [0.3, 0.4) is 0 Å². The van der Waals surface area contributed by atoms with E-state index in [1.807, 2.05) is 24.3 Å². The number of rotatable bonds is 5. The molecule has 1 aromatic carbocycles. The lowest BCUT2D eigenvalue weighted by Crippen LogP contribution is -2.24. The van der Waals surface area contributed by atoms with E-state index in [2.05, 4.69) is 27.4 Å². The van der Waals surface area contributed by atoms with Crippen LogP contribution in [0.15, 0.2) is 30.6 Å². The first-order valence-corrected chi connectivity index (χ1v) is 6.03. The number of halogens is 1. The summed E-state index contributed by atoms with van der Waals surface area (Å²) in [5.74, 6) is 0.784. The molecule has 1 heterocycles. The molecule has 1 atom stereocenters. The number of aromatic amines is 1. The maximum absolute atomic E-state index is 6.21. The zero-order valence-corrected chi connectivity index (χ0v) is 10.4. The maximum Gasteiger partial charge on any atom is 0.146 e. The van der Waals surface area contributed by atoms with Crippen LogP contribution in [0, 0.1) is 0 Å². The maximum atomic E-state index is 6.21. The summed E-state index contributed by atoms with van der Waals surface area (Å²) in [5.41, 5.74) is 1.01. The number of hydrogen-bond acceptors (Lipinski definition) is 3. The van der Waals surface area contributed by atoms with Gasteiger partial charge in [0.25, 0.3) is 0 Å². The fraction of sp³-hybridized carbons (Fsp3) is 0.333. The number of aromatic nitrogens is 3. The van der Waals surface area contributed by atoms with Gasteiger partial charge in [-0.15, -0.1) is 0 Å². The molecular weight excluding hydrogens is 236 g/mol. The van der Waals surface area contributed by atoms with Crippen LogP contribution in [0.4, 0.5) is 0 Å². The highest BCUT2D eigenvalue weighted by Crippen LogP contribution is 2.25. The van der Waals surface area contributed by atoms with Crippen molar-refractivity contribution in [2.24, 2.45) is 0 Å². The molecule has 2 rings (SSSR count). The van der Waals surface area contributed by atoms with Crippen molar-refractivity contribution in [1.82, 2.24) is 20.5 Å². The molecule has 0 amide bonds. The molecule has 0 aliphatic heterocycles. The van der Waals surface area contributed by atoms with E-state index in [1.165, 1.54) is 6.33 Å². The Morgan fingerprint density at radius 3 is 2.88 bits per heavy atom. The highest BCUT2D eigenvalue weighted by molar-refractivity contribution is 6.31. The Kier molecular flexibility index (Phi) is 4.12. The van der Waals surface area contributed by atoms with E-state index in [-0.39, 0.29) is 6.04 Å². The Balaban J connectivity index is 2.30. The quantitative estimate of drug-likeness (QED) is 0.858. The van der Waals surface area contributed by atoms with Crippen molar-refractivity contribution >= 4 is 11.6 Å². The number of benzene rings is 1. The second-order valence-corrected chi connectivity index (χ2v) is 4.19. The Labute approximate surface area is 105 Å². The number of nitrogens with one attached hydrogen (secondary N) is 2. The topological polar surface area (TPSA) is 53.6 Å². The van der Waals surface area contributed by atoms with Gasteiger partial charge in [0.05, 0.1) is 6.04 Å². The Morgan fingerprint density at radius 2 is 2.24 bits per heavy atom. The Hall–Kier alpha value is -1.39. The van der Waals surface area contributed by atoms with Gasteiger partial charge in [-0.25, -0.2) is 4.98 Å². The highest BCUT2D eigenvalue weighted by Gasteiger charge is 2.18. The Morgan fingerprint density at radius 1 is 1.41 bits per heavy atom. The smallest absolute Gasteiger partial charge is 0.146 e. The minimum Gasteiger partial charge on any atom is -0.304 e. The molecule has 0 saturated heterocycles. The molecule has 4 nitrogen and oxygen atoms in total. The monoisotopic (exact) mass is 250 g/mol. The van der Waals surface area contributed by atoms with Crippen molar-refractivity contribution in [3.05, 3.63) is 47.0 Å². The van der Waals surface area contributed by atoms with Gasteiger partial charge in [-0.3, -0.25) is 5.10 Å². The van der Waals surface area contributed by atoms with Gasteiger partial charge in [0.1, 0.15) is 12.2 Å². The lowest BCUT2D eigenvalue weighted by atomic mass is 10.1. The molecule has 0 bridgehead atoms. The molecule has 0 aliphatic carbocycles. The predicted molar refractivity (Wildman–Crippen MR) is 68.0 cm³/mol. The standard InChI is InChI=1S/C12H15ClN4/c1-2-7-14-11(12-15-8-16-17-12)9-5-3-4-6-10(9)13/h3-6,8,11,14H,2,7H2,1H3,(H,15,16,17). The van der Waals surface area contributed by atoms with Gasteiger partial charge in [-0.1, -0.05) is 36.7 Å². The predicted octanol–water partition coefficient (Wildman–Crippen LogP) is 2.55. The number of nitrogens with zero attached hydrogens (tertiary/aromatic N) is 2. The van der Waals surface area contributed by atoms with E-state index in [1.54, 1.807) is 0 Å². The zero-order chi connectivity index (χ0) is 12.1. The van der Waals surface area contributed by atoms with Gasteiger partial charge in [-0.2, -0.15) is 5.10 Å². The second-order valence-electron chi connectivity index (χ2n) is 3.78. The van der Waals surface area contributed by atoms with Crippen LogP contribution in [0.25, 0.3) is 0 Å². The third-order valence-corrected chi connectivity index (χ3v) is 2.87. The van der Waals surface area contributed by atoms with Gasteiger partial charge >= 0.3 is 0 Å². The summed E-state index contributed by atoms with van der Waals surface area (Å²) in [6, 6.07) is 7.74. The molecular formula is C12H15ClN4. The van der Waals surface area contributed by atoms with Crippen molar-refractivity contribution < 1.29 is 0 Å². The molecule has 0 radical (unpaired) electrons. The number of H-pyrrole nitrogens is 1. The highest BCUT2D eigenvalue weighted by atomic mass is 35.5. The normalized spacial score (nSPS) is 12.6. The minimum absolute atomic E-state index is 0.0360. The molecule has 0 saturated carbocycles. The van der Waals surface area contributed by atoms with Crippen molar-refractivity contribution in [1.29, 1.82) is 0 Å². The van der Waals surface area contributed by atoms with Crippen molar-refractivity contribution in [2.75, 3.05) is 6.54 Å². The molecule has 17 heavy (non-hydrogen) atoms. The van der Waals surface area contributed by atoms with E-state index in [4.69, 9.17) is 11.6 Å². The fourth-order valence-electron chi connectivity index (χ4n) is 1.71. The van der Waals surface area contributed by atoms with Crippen LogP contribution < -0.4 is 5.32 Å². The Bertz CT molecular complexity index is 455. The summed E-state index contributed by atoms with van der Waals surface area (Å²) in [5, 5.41) is 10.9. The average Bonchev–Trinajstić information content (AvgIpc) is 2.85. The second kappa shape index (κ2) is 5.80. The van der Waals surface area contributed by atoms with Gasteiger partial charge in [0, 0.05) is 5.02 Å². The lowest BCUT2D eigenvalue weighted by molar-refractivity contribution is 0.574. The molecule has 2 aromatic rings. The van der Waals surface area contributed by atoms with Crippen LogP contribution in [-0.2, 0) is 0 Å². The third-order valence-electron chi connectivity index (χ3n) is 2.52. The van der Waals surface area contributed by atoms with Crippen molar-refractivity contribution in [2.45, 2.75) is 19.4 Å². The van der Waals surface area contributed by atoms with Crippen LogP contribution >= 0.6 is 11.6 Å². The fourth-order valence-corrected chi connectivity index (χ4v) is 1.95. The van der Waals surface area contributed by atoms with Crippen LogP contribution in [0.5, 0.6) is 0 Å². The van der Waals surface area contributed by atoms with Crippen LogP contribution in [0.1, 0.15) is 30.8 Å². The zero-order valence-electron chi connectivity index (χ0n) is 9.65. The van der Waals surface area contributed by atoms with Crippen LogP contribution in [0.2, 0.25) is 5.02 Å². The first-order valence-electron chi connectivity index (χ1n) is 5.66. The summed E-state index contributed by atoms with van der Waals surface area (Å²) in [6.07, 6.45) is 2.56. The molecule has 2 N–H and O–H groups in total. The lowest BCUT2D eigenvalue weighted by Gasteiger charge is -2.17. The van der Waals surface area contributed by atoms with Gasteiger partial charge in [-0.05, 0) is 24.6 Å². The molecule has 0 fully saturated rings. The van der Waals surface area contributed by atoms with E-state index >= 15 is 0 Å². The summed E-state index contributed by atoms with van der Waals surface area (Å²) >= 11 is 6.21. The van der Waals surface area contributed by atoms with E-state index in [0.717, 1.165) is 29.4 Å². The molecule has 5 heteroatoms. The summed E-state index contributed by atoms with van der Waals surface area (Å²) < 4.78 is 0. The van der Waals surface area contributed by atoms with Crippen molar-refractivity contribution in [3.63, 3.8) is 0 Å². The molecule has 0 spiro atoms. The first kappa shape index (κ1) is 12.1. The number of hydrogen-bond donors (Lipinski definition) is 2. The molecule has 90 valence electrons. The van der Waals surface area contributed by atoms with Gasteiger partial charge in [0.2, 0.25) is 0 Å². The van der Waals surface area contributed by atoms with Gasteiger partial charge < -0.3 is 5.32 Å².